The van der Waals surface area contributed by atoms with Gasteiger partial charge in [-0.1, -0.05) is 27.5 Å². The third-order valence-corrected chi connectivity index (χ3v) is 3.18. The number of hydrogen-bond acceptors (Lipinski definition) is 5. The van der Waals surface area contributed by atoms with E-state index in [4.69, 9.17) is 22.1 Å². The Balaban J connectivity index is 2.10. The highest BCUT2D eigenvalue weighted by molar-refractivity contribution is 9.10. The molecule has 0 radical (unpaired) electrons. The second-order valence-electron chi connectivity index (χ2n) is 3.66. The fourth-order valence-corrected chi connectivity index (χ4v) is 2.05. The fourth-order valence-electron chi connectivity index (χ4n) is 1.56. The molecule has 0 fully saturated rings. The maximum atomic E-state index is 6.06. The summed E-state index contributed by atoms with van der Waals surface area (Å²) in [6.07, 6.45) is 1.49. The smallest absolute Gasteiger partial charge is 0.250 e. The molecule has 0 unspecified atom stereocenters. The van der Waals surface area contributed by atoms with Gasteiger partial charge in [0.05, 0.1) is 11.3 Å². The highest BCUT2D eigenvalue weighted by Gasteiger charge is 2.12. The number of aromatic amines is 1. The number of halogens is 2. The van der Waals surface area contributed by atoms with E-state index in [1.54, 1.807) is 12.1 Å². The Labute approximate surface area is 121 Å². The Morgan fingerprint density at radius 2 is 2.16 bits per heavy atom. The van der Waals surface area contributed by atoms with E-state index < -0.39 is 0 Å². The fraction of sp³-hybridized carbons (Fsp3) is 0. The Morgan fingerprint density at radius 1 is 1.32 bits per heavy atom. The van der Waals surface area contributed by atoms with Gasteiger partial charge in [0.25, 0.3) is 5.88 Å². The van der Waals surface area contributed by atoms with Crippen LogP contribution in [-0.2, 0) is 0 Å². The summed E-state index contributed by atoms with van der Waals surface area (Å²) < 4.78 is 6.52. The van der Waals surface area contributed by atoms with Crippen LogP contribution in [-0.4, -0.2) is 19.9 Å². The van der Waals surface area contributed by atoms with Gasteiger partial charge in [-0.25, -0.2) is 4.98 Å². The van der Waals surface area contributed by atoms with Crippen molar-refractivity contribution in [2.24, 2.45) is 0 Å². The molecule has 0 atom stereocenters. The molecule has 0 saturated heterocycles. The molecule has 8 heteroatoms. The molecule has 2 heterocycles. The number of nitrogens with one attached hydrogen (secondary N) is 1. The first-order valence-corrected chi connectivity index (χ1v) is 6.40. The van der Waals surface area contributed by atoms with E-state index in [0.717, 1.165) is 4.47 Å². The molecule has 0 bridgehead atoms. The lowest BCUT2D eigenvalue weighted by molar-refractivity contribution is 0.468. The Morgan fingerprint density at radius 3 is 3.00 bits per heavy atom. The topological polar surface area (TPSA) is 89.7 Å². The molecule has 3 N–H and O–H groups in total. The highest BCUT2D eigenvalue weighted by atomic mass is 79.9. The van der Waals surface area contributed by atoms with Gasteiger partial charge in [-0.3, -0.25) is 0 Å². The summed E-state index contributed by atoms with van der Waals surface area (Å²) in [7, 11) is 0. The van der Waals surface area contributed by atoms with E-state index >= 15 is 0 Å². The van der Waals surface area contributed by atoms with Crippen LogP contribution in [0.4, 0.5) is 5.95 Å². The largest absolute Gasteiger partial charge is 0.435 e. The van der Waals surface area contributed by atoms with Crippen LogP contribution >= 0.6 is 27.5 Å². The van der Waals surface area contributed by atoms with Crippen LogP contribution in [0.1, 0.15) is 0 Å². The molecule has 3 aromatic rings. The number of H-pyrrole nitrogens is 1. The Hall–Kier alpha value is -1.86. The molecular formula is C11H7BrClN5O. The van der Waals surface area contributed by atoms with Crippen molar-refractivity contribution in [3.63, 3.8) is 0 Å². The van der Waals surface area contributed by atoms with E-state index in [0.29, 0.717) is 21.9 Å². The molecule has 0 aliphatic heterocycles. The predicted octanol–water partition coefficient (Wildman–Crippen LogP) is 3.14. The molecule has 0 saturated carbocycles. The van der Waals surface area contributed by atoms with Crippen molar-refractivity contribution in [2.75, 3.05) is 5.73 Å². The van der Waals surface area contributed by atoms with Gasteiger partial charge in [-0.15, -0.1) is 0 Å². The molecular weight excluding hydrogens is 334 g/mol. The van der Waals surface area contributed by atoms with E-state index in [-0.39, 0.29) is 11.8 Å². The zero-order valence-electron chi connectivity index (χ0n) is 9.39. The number of benzene rings is 1. The van der Waals surface area contributed by atoms with Gasteiger partial charge < -0.3 is 15.5 Å². The van der Waals surface area contributed by atoms with Crippen molar-refractivity contribution >= 4 is 44.6 Å². The molecule has 0 aliphatic carbocycles. The second-order valence-corrected chi connectivity index (χ2v) is 4.99. The average Bonchev–Trinajstić information content (AvgIpc) is 2.82. The average molecular weight is 341 g/mol. The normalized spacial score (nSPS) is 10.8. The van der Waals surface area contributed by atoms with E-state index in [1.807, 2.05) is 6.07 Å². The number of nitrogen functional groups attached to an aromatic ring is 1. The van der Waals surface area contributed by atoms with Crippen LogP contribution in [0.2, 0.25) is 5.02 Å². The van der Waals surface area contributed by atoms with Gasteiger partial charge >= 0.3 is 0 Å². The summed E-state index contributed by atoms with van der Waals surface area (Å²) in [6, 6.07) is 5.27. The first kappa shape index (κ1) is 12.2. The van der Waals surface area contributed by atoms with Crippen LogP contribution in [0, 0.1) is 0 Å². The highest BCUT2D eigenvalue weighted by Crippen LogP contribution is 2.33. The monoisotopic (exact) mass is 339 g/mol. The van der Waals surface area contributed by atoms with Crippen molar-refractivity contribution in [3.05, 3.63) is 34.0 Å². The number of rotatable bonds is 2. The lowest BCUT2D eigenvalue weighted by atomic mass is 10.3. The SMILES string of the molecule is Nc1nc(Oc2cc(Br)ccc2Cl)c2[nH]cnc2n1. The molecule has 6 nitrogen and oxygen atoms in total. The molecule has 96 valence electrons. The van der Waals surface area contributed by atoms with Gasteiger partial charge in [-0.05, 0) is 18.2 Å². The third-order valence-electron chi connectivity index (χ3n) is 2.37. The summed E-state index contributed by atoms with van der Waals surface area (Å²) in [5.74, 6) is 0.825. The zero-order valence-corrected chi connectivity index (χ0v) is 11.7. The quantitative estimate of drug-likeness (QED) is 0.748. The maximum absolute atomic E-state index is 6.06. The summed E-state index contributed by atoms with van der Waals surface area (Å²) >= 11 is 9.41. The lowest BCUT2D eigenvalue weighted by Crippen LogP contribution is -1.98. The standard InChI is InChI=1S/C11H7BrClN5O/c12-5-1-2-6(13)7(3-5)19-10-8-9(16-4-15-8)17-11(14)18-10/h1-4H,(H3,14,15,16,17,18). The Bertz CT molecular complexity index is 760. The molecule has 3 rings (SSSR count). The van der Waals surface area contributed by atoms with E-state index in [2.05, 4.69) is 35.9 Å². The molecule has 19 heavy (non-hydrogen) atoms. The molecule has 0 aliphatic rings. The number of hydrogen-bond donors (Lipinski definition) is 2. The maximum Gasteiger partial charge on any atom is 0.250 e. The van der Waals surface area contributed by atoms with Crippen LogP contribution in [0.25, 0.3) is 11.2 Å². The van der Waals surface area contributed by atoms with E-state index in [1.165, 1.54) is 6.33 Å². The molecule has 2 aromatic heterocycles. The summed E-state index contributed by atoms with van der Waals surface area (Å²) in [5, 5.41) is 0.466. The van der Waals surface area contributed by atoms with Gasteiger partial charge in [0, 0.05) is 4.47 Å². The number of fused-ring (bicyclic) bond motifs is 1. The number of ether oxygens (including phenoxy) is 1. The van der Waals surface area contributed by atoms with Gasteiger partial charge in [0.2, 0.25) is 5.95 Å². The van der Waals surface area contributed by atoms with Gasteiger partial charge in [0.1, 0.15) is 11.3 Å². The number of imidazole rings is 1. The van der Waals surface area contributed by atoms with Crippen LogP contribution in [0.5, 0.6) is 11.6 Å². The summed E-state index contributed by atoms with van der Waals surface area (Å²) in [6.45, 7) is 0. The van der Waals surface area contributed by atoms with Crippen LogP contribution in [0.15, 0.2) is 29.0 Å². The zero-order chi connectivity index (χ0) is 13.4. The number of aromatic nitrogens is 4. The van der Waals surface area contributed by atoms with Gasteiger partial charge in [-0.2, -0.15) is 9.97 Å². The minimum absolute atomic E-state index is 0.0840. The van der Waals surface area contributed by atoms with Crippen molar-refractivity contribution < 1.29 is 4.74 Å². The second kappa shape index (κ2) is 4.67. The third kappa shape index (κ3) is 2.34. The van der Waals surface area contributed by atoms with Crippen molar-refractivity contribution in [2.45, 2.75) is 0 Å². The van der Waals surface area contributed by atoms with Crippen LogP contribution < -0.4 is 10.5 Å². The molecule has 0 spiro atoms. The molecule has 0 amide bonds. The van der Waals surface area contributed by atoms with Crippen molar-refractivity contribution in [1.82, 2.24) is 19.9 Å². The first-order chi connectivity index (χ1) is 9.13. The van der Waals surface area contributed by atoms with Crippen molar-refractivity contribution in [3.8, 4) is 11.6 Å². The van der Waals surface area contributed by atoms with E-state index in [9.17, 15) is 0 Å². The summed E-state index contributed by atoms with van der Waals surface area (Å²) in [5.41, 5.74) is 6.61. The minimum atomic E-state index is 0.0840. The van der Waals surface area contributed by atoms with Gasteiger partial charge in [0.15, 0.2) is 5.65 Å². The minimum Gasteiger partial charge on any atom is -0.435 e. The number of anilines is 1. The van der Waals surface area contributed by atoms with Crippen LogP contribution in [0.3, 0.4) is 0 Å². The number of nitrogens with two attached hydrogens (primary N) is 1. The van der Waals surface area contributed by atoms with Crippen molar-refractivity contribution in [1.29, 1.82) is 0 Å². The molecule has 1 aromatic carbocycles. The first-order valence-electron chi connectivity index (χ1n) is 5.23. The number of nitrogens with zero attached hydrogens (tertiary/aromatic N) is 3. The predicted molar refractivity (Wildman–Crippen MR) is 75.3 cm³/mol. The Kier molecular flexibility index (Phi) is 3.00. The lowest BCUT2D eigenvalue weighted by Gasteiger charge is -2.08. The summed E-state index contributed by atoms with van der Waals surface area (Å²) in [4.78, 5) is 14.9.